The third kappa shape index (κ3) is 8.19. The molecule has 0 spiro atoms. The second-order valence-electron chi connectivity index (χ2n) is 11.3. The van der Waals surface area contributed by atoms with E-state index in [4.69, 9.17) is 0 Å². The molecule has 1 saturated carbocycles. The van der Waals surface area contributed by atoms with Crippen LogP contribution < -0.4 is 9.62 Å². The number of hydrogen-bond acceptors (Lipinski definition) is 4. The van der Waals surface area contributed by atoms with Gasteiger partial charge in [-0.25, -0.2) is 8.42 Å². The second-order valence-corrected chi connectivity index (χ2v) is 13.2. The molecule has 0 aromatic heterocycles. The summed E-state index contributed by atoms with van der Waals surface area (Å²) in [7, 11) is -3.80. The number of nitrogens with one attached hydrogen (secondary N) is 1. The summed E-state index contributed by atoms with van der Waals surface area (Å²) in [5.41, 5.74) is 5.06. The monoisotopic (exact) mass is 575 g/mol. The highest BCUT2D eigenvalue weighted by Gasteiger charge is 2.34. The molecule has 2 amide bonds. The summed E-state index contributed by atoms with van der Waals surface area (Å²) >= 11 is 0. The third-order valence-corrected chi connectivity index (χ3v) is 8.83. The van der Waals surface area contributed by atoms with Gasteiger partial charge in [-0.05, 0) is 56.4 Å². The number of nitrogens with zero attached hydrogens (tertiary/aromatic N) is 2. The van der Waals surface area contributed by atoms with Gasteiger partial charge < -0.3 is 10.2 Å². The average Bonchev–Trinajstić information content (AvgIpc) is 3.42. The lowest BCUT2D eigenvalue weighted by molar-refractivity contribution is -0.140. The molecule has 0 heterocycles. The summed E-state index contributed by atoms with van der Waals surface area (Å²) in [5, 5.41) is 3.20. The van der Waals surface area contributed by atoms with Crippen molar-refractivity contribution in [2.75, 3.05) is 17.1 Å². The van der Waals surface area contributed by atoms with Crippen LogP contribution in [0.5, 0.6) is 0 Å². The normalized spacial score (nSPS) is 14.4. The molecule has 0 aliphatic heterocycles. The molecule has 1 atom stereocenters. The molecule has 7 nitrogen and oxygen atoms in total. The molecule has 3 aromatic carbocycles. The standard InChI is InChI=1S/C33H41N3O4S/c1-24-11-10-14-28(20-24)22-35(32(37)23-36(41(4,39)40)30-18-17-25(2)19-26(30)3)31(21-27-12-6-5-7-13-27)33(38)34-29-15-8-9-16-29/h5-7,10-14,17-20,29,31H,8-9,15-16,21-23H2,1-4H3,(H,34,38). The highest BCUT2D eigenvalue weighted by Crippen LogP contribution is 2.25. The Labute approximate surface area is 244 Å². The van der Waals surface area contributed by atoms with E-state index in [2.05, 4.69) is 5.32 Å². The van der Waals surface area contributed by atoms with Crippen LogP contribution in [-0.4, -0.2) is 50.0 Å². The molecule has 4 rings (SSSR count). The van der Waals surface area contributed by atoms with Crippen LogP contribution in [0.3, 0.4) is 0 Å². The van der Waals surface area contributed by atoms with Crippen LogP contribution in [0.4, 0.5) is 5.69 Å². The van der Waals surface area contributed by atoms with Crippen LogP contribution in [0.2, 0.25) is 0 Å². The van der Waals surface area contributed by atoms with Crippen LogP contribution in [0.25, 0.3) is 0 Å². The minimum Gasteiger partial charge on any atom is -0.352 e. The summed E-state index contributed by atoms with van der Waals surface area (Å²) in [6, 6.07) is 22.2. The van der Waals surface area contributed by atoms with Crippen molar-refractivity contribution in [3.8, 4) is 0 Å². The molecule has 0 saturated heterocycles. The fourth-order valence-electron chi connectivity index (χ4n) is 5.61. The molecule has 1 aliphatic rings. The lowest BCUT2D eigenvalue weighted by atomic mass is 10.0. The van der Waals surface area contributed by atoms with Crippen LogP contribution in [0.1, 0.15) is 53.5 Å². The first-order valence-corrected chi connectivity index (χ1v) is 16.1. The molecule has 1 aliphatic carbocycles. The van der Waals surface area contributed by atoms with E-state index in [0.717, 1.165) is 64.1 Å². The summed E-state index contributed by atoms with van der Waals surface area (Å²) in [6.07, 6.45) is 5.41. The van der Waals surface area contributed by atoms with E-state index in [9.17, 15) is 18.0 Å². The molecule has 1 unspecified atom stereocenters. The minimum atomic E-state index is -3.80. The van der Waals surface area contributed by atoms with Crippen molar-refractivity contribution in [3.05, 3.63) is 101 Å². The summed E-state index contributed by atoms with van der Waals surface area (Å²) in [4.78, 5) is 29.7. The van der Waals surface area contributed by atoms with Gasteiger partial charge in [0.1, 0.15) is 12.6 Å². The van der Waals surface area contributed by atoms with Gasteiger partial charge >= 0.3 is 0 Å². The Bertz CT molecular complexity index is 1470. The zero-order valence-electron chi connectivity index (χ0n) is 24.5. The van der Waals surface area contributed by atoms with E-state index >= 15 is 0 Å². The lowest BCUT2D eigenvalue weighted by Crippen LogP contribution is -2.54. The molecule has 0 radical (unpaired) electrons. The molecular weight excluding hydrogens is 534 g/mol. The molecule has 1 N–H and O–H groups in total. The molecule has 218 valence electrons. The van der Waals surface area contributed by atoms with Crippen LogP contribution >= 0.6 is 0 Å². The number of sulfonamides is 1. The van der Waals surface area contributed by atoms with Gasteiger partial charge in [0.15, 0.2) is 0 Å². The number of amides is 2. The molecule has 3 aromatic rings. The first-order chi connectivity index (χ1) is 19.5. The number of carbonyl (C=O) groups excluding carboxylic acids is 2. The largest absolute Gasteiger partial charge is 0.352 e. The number of rotatable bonds is 11. The van der Waals surface area contributed by atoms with E-state index in [1.165, 1.54) is 0 Å². The van der Waals surface area contributed by atoms with Crippen molar-refractivity contribution in [1.29, 1.82) is 0 Å². The molecular formula is C33H41N3O4S. The van der Waals surface area contributed by atoms with Crippen molar-refractivity contribution in [2.45, 2.75) is 71.5 Å². The van der Waals surface area contributed by atoms with Crippen molar-refractivity contribution >= 4 is 27.5 Å². The van der Waals surface area contributed by atoms with Crippen molar-refractivity contribution in [3.63, 3.8) is 0 Å². The van der Waals surface area contributed by atoms with Gasteiger partial charge in [-0.15, -0.1) is 0 Å². The Balaban J connectivity index is 1.74. The van der Waals surface area contributed by atoms with Gasteiger partial charge in [-0.1, -0.05) is 90.7 Å². The van der Waals surface area contributed by atoms with E-state index < -0.39 is 28.5 Å². The fourth-order valence-corrected chi connectivity index (χ4v) is 6.52. The zero-order valence-corrected chi connectivity index (χ0v) is 25.3. The Morgan fingerprint density at radius 3 is 2.17 bits per heavy atom. The Kier molecular flexibility index (Phi) is 9.86. The topological polar surface area (TPSA) is 86.8 Å². The Morgan fingerprint density at radius 1 is 0.878 bits per heavy atom. The fraction of sp³-hybridized carbons (Fsp3) is 0.394. The predicted molar refractivity (Wildman–Crippen MR) is 164 cm³/mol. The Morgan fingerprint density at radius 2 is 1.54 bits per heavy atom. The van der Waals surface area contributed by atoms with E-state index in [1.807, 2.05) is 87.5 Å². The van der Waals surface area contributed by atoms with Gasteiger partial charge in [-0.3, -0.25) is 13.9 Å². The number of carbonyl (C=O) groups is 2. The van der Waals surface area contributed by atoms with Gasteiger partial charge in [0.05, 0.1) is 11.9 Å². The highest BCUT2D eigenvalue weighted by atomic mass is 32.2. The first kappa shape index (κ1) is 30.3. The van der Waals surface area contributed by atoms with Crippen LogP contribution in [-0.2, 0) is 32.6 Å². The van der Waals surface area contributed by atoms with Crippen molar-refractivity contribution < 1.29 is 18.0 Å². The van der Waals surface area contributed by atoms with Gasteiger partial charge in [0, 0.05) is 19.0 Å². The zero-order chi connectivity index (χ0) is 29.6. The van der Waals surface area contributed by atoms with Gasteiger partial charge in [-0.2, -0.15) is 0 Å². The smallest absolute Gasteiger partial charge is 0.244 e. The van der Waals surface area contributed by atoms with Crippen molar-refractivity contribution in [2.24, 2.45) is 0 Å². The number of aryl methyl sites for hydroxylation is 3. The Hall–Kier alpha value is -3.65. The second kappa shape index (κ2) is 13.3. The lowest BCUT2D eigenvalue weighted by Gasteiger charge is -2.34. The molecule has 8 heteroatoms. The maximum Gasteiger partial charge on any atom is 0.244 e. The maximum atomic E-state index is 14.3. The number of hydrogen-bond donors (Lipinski definition) is 1. The molecule has 41 heavy (non-hydrogen) atoms. The van der Waals surface area contributed by atoms with E-state index in [-0.39, 0.29) is 18.5 Å². The molecule has 1 fully saturated rings. The number of anilines is 1. The first-order valence-electron chi connectivity index (χ1n) is 14.3. The predicted octanol–water partition coefficient (Wildman–Crippen LogP) is 5.08. The third-order valence-electron chi connectivity index (χ3n) is 7.71. The van der Waals surface area contributed by atoms with E-state index in [0.29, 0.717) is 12.1 Å². The van der Waals surface area contributed by atoms with Crippen molar-refractivity contribution in [1.82, 2.24) is 10.2 Å². The van der Waals surface area contributed by atoms with E-state index in [1.54, 1.807) is 11.0 Å². The average molecular weight is 576 g/mol. The maximum absolute atomic E-state index is 14.3. The van der Waals surface area contributed by atoms with Crippen LogP contribution in [0, 0.1) is 20.8 Å². The van der Waals surface area contributed by atoms with Gasteiger partial charge in [0.2, 0.25) is 21.8 Å². The van der Waals surface area contributed by atoms with Gasteiger partial charge in [0.25, 0.3) is 0 Å². The summed E-state index contributed by atoms with van der Waals surface area (Å²) in [6.45, 7) is 5.53. The SMILES string of the molecule is Cc1cccc(CN(C(=O)CN(c2ccc(C)cc2C)S(C)(=O)=O)C(Cc2ccccc2)C(=O)NC2CCCC2)c1. The highest BCUT2D eigenvalue weighted by molar-refractivity contribution is 7.92. The number of benzene rings is 3. The minimum absolute atomic E-state index is 0.0828. The van der Waals surface area contributed by atoms with Crippen LogP contribution in [0.15, 0.2) is 72.8 Å². The summed E-state index contributed by atoms with van der Waals surface area (Å²) < 4.78 is 27.2. The molecule has 0 bridgehead atoms. The summed E-state index contributed by atoms with van der Waals surface area (Å²) in [5.74, 6) is -0.640. The quantitative estimate of drug-likeness (QED) is 0.346.